The van der Waals surface area contributed by atoms with Gasteiger partial charge in [-0.3, -0.25) is 4.79 Å². The van der Waals surface area contributed by atoms with Crippen LogP contribution in [0.15, 0.2) is 12.1 Å². The van der Waals surface area contributed by atoms with Crippen molar-refractivity contribution in [2.24, 2.45) is 0 Å². The maximum atomic E-state index is 11.4. The van der Waals surface area contributed by atoms with Gasteiger partial charge < -0.3 is 21.5 Å². The van der Waals surface area contributed by atoms with E-state index in [4.69, 9.17) is 10.8 Å². The van der Waals surface area contributed by atoms with Crippen molar-refractivity contribution >= 4 is 23.3 Å². The highest BCUT2D eigenvalue weighted by molar-refractivity contribution is 5.96. The van der Waals surface area contributed by atoms with E-state index < -0.39 is 12.0 Å². The van der Waals surface area contributed by atoms with E-state index in [1.165, 1.54) is 13.1 Å². The lowest BCUT2D eigenvalue weighted by atomic mass is 10.1. The summed E-state index contributed by atoms with van der Waals surface area (Å²) in [6.45, 7) is 3.41. The number of hydrogen-bond donors (Lipinski definition) is 4. The second-order valence-electron chi connectivity index (χ2n) is 4.04. The number of carbonyl (C=O) groups excluding carboxylic acids is 1. The summed E-state index contributed by atoms with van der Waals surface area (Å²) in [7, 11) is 1.54. The number of likely N-dealkylation sites (N-methyl/N-ethyl adjacent to an activating group) is 1. The van der Waals surface area contributed by atoms with Crippen LogP contribution in [0, 0.1) is 6.92 Å². The summed E-state index contributed by atoms with van der Waals surface area (Å²) in [6, 6.07) is 2.67. The highest BCUT2D eigenvalue weighted by Gasteiger charge is 2.15. The Hall–Kier alpha value is -2.24. The number of anilines is 2. The Morgan fingerprint density at radius 1 is 1.39 bits per heavy atom. The van der Waals surface area contributed by atoms with Gasteiger partial charge in [0.25, 0.3) is 0 Å². The van der Waals surface area contributed by atoms with E-state index in [2.05, 4.69) is 10.6 Å². The average Bonchev–Trinajstić information content (AvgIpc) is 2.31. The van der Waals surface area contributed by atoms with Crippen LogP contribution in [0.2, 0.25) is 0 Å². The zero-order chi connectivity index (χ0) is 13.9. The third-order valence-electron chi connectivity index (χ3n) is 2.64. The number of nitrogens with one attached hydrogen (secondary N) is 2. The zero-order valence-electron chi connectivity index (χ0n) is 10.6. The second-order valence-corrected chi connectivity index (χ2v) is 4.04. The zero-order valence-corrected chi connectivity index (χ0v) is 10.6. The molecule has 1 atom stereocenters. The van der Waals surface area contributed by atoms with Gasteiger partial charge in [0.2, 0.25) is 5.91 Å². The van der Waals surface area contributed by atoms with Crippen molar-refractivity contribution in [1.82, 2.24) is 5.32 Å². The highest BCUT2D eigenvalue weighted by Crippen LogP contribution is 2.23. The fourth-order valence-electron chi connectivity index (χ4n) is 1.59. The molecule has 1 amide bonds. The SMILES string of the molecule is CNC(=O)C(C)Nc1cc(C)c(N)c(C(=O)O)c1. The van der Waals surface area contributed by atoms with Gasteiger partial charge in [-0.2, -0.15) is 0 Å². The lowest BCUT2D eigenvalue weighted by Gasteiger charge is -2.16. The molecule has 0 saturated carbocycles. The fourth-order valence-corrected chi connectivity index (χ4v) is 1.59. The minimum atomic E-state index is -1.09. The predicted octanol–water partition coefficient (Wildman–Crippen LogP) is 0.822. The normalized spacial score (nSPS) is 11.7. The van der Waals surface area contributed by atoms with Crippen molar-refractivity contribution in [3.63, 3.8) is 0 Å². The predicted molar refractivity (Wildman–Crippen MR) is 69.7 cm³/mol. The van der Waals surface area contributed by atoms with Gasteiger partial charge in [-0.1, -0.05) is 0 Å². The summed E-state index contributed by atoms with van der Waals surface area (Å²) in [5.41, 5.74) is 7.15. The van der Waals surface area contributed by atoms with Crippen LogP contribution in [-0.4, -0.2) is 30.1 Å². The first kappa shape index (κ1) is 13.8. The minimum Gasteiger partial charge on any atom is -0.478 e. The van der Waals surface area contributed by atoms with E-state index in [0.717, 1.165) is 0 Å². The highest BCUT2D eigenvalue weighted by atomic mass is 16.4. The molecule has 0 fully saturated rings. The number of amides is 1. The Morgan fingerprint density at radius 2 is 2.00 bits per heavy atom. The number of benzene rings is 1. The number of hydrogen-bond acceptors (Lipinski definition) is 4. The molecule has 0 heterocycles. The molecule has 1 unspecified atom stereocenters. The first-order valence-corrected chi connectivity index (χ1v) is 5.48. The maximum absolute atomic E-state index is 11.4. The number of aryl methyl sites for hydroxylation is 1. The van der Waals surface area contributed by atoms with Crippen LogP contribution in [0.25, 0.3) is 0 Å². The number of carbonyl (C=O) groups is 2. The molecule has 0 bridgehead atoms. The second kappa shape index (κ2) is 5.39. The van der Waals surface area contributed by atoms with Gasteiger partial charge in [0.1, 0.15) is 6.04 Å². The smallest absolute Gasteiger partial charge is 0.337 e. The quantitative estimate of drug-likeness (QED) is 0.593. The van der Waals surface area contributed by atoms with Gasteiger partial charge >= 0.3 is 5.97 Å². The molecule has 0 radical (unpaired) electrons. The van der Waals surface area contributed by atoms with Crippen molar-refractivity contribution in [1.29, 1.82) is 0 Å². The Bertz CT molecular complexity index is 486. The third kappa shape index (κ3) is 2.91. The molecule has 0 aliphatic carbocycles. The Balaban J connectivity index is 3.04. The van der Waals surface area contributed by atoms with Crippen molar-refractivity contribution in [2.75, 3.05) is 18.1 Å². The van der Waals surface area contributed by atoms with Gasteiger partial charge in [0.05, 0.1) is 5.56 Å². The molecule has 0 aliphatic rings. The van der Waals surface area contributed by atoms with E-state index in [9.17, 15) is 9.59 Å². The molecule has 98 valence electrons. The van der Waals surface area contributed by atoms with E-state index in [0.29, 0.717) is 11.3 Å². The van der Waals surface area contributed by atoms with Gasteiger partial charge in [0.15, 0.2) is 0 Å². The lowest BCUT2D eigenvalue weighted by Crippen LogP contribution is -2.35. The standard InChI is InChI=1S/C12H17N3O3/c1-6-4-8(15-7(2)11(16)14-3)5-9(10(6)13)12(17)18/h4-5,7,15H,13H2,1-3H3,(H,14,16)(H,17,18). The number of rotatable bonds is 4. The Kier molecular flexibility index (Phi) is 4.14. The van der Waals surface area contributed by atoms with Gasteiger partial charge in [-0.25, -0.2) is 4.79 Å². The van der Waals surface area contributed by atoms with E-state index >= 15 is 0 Å². The first-order valence-electron chi connectivity index (χ1n) is 5.48. The van der Waals surface area contributed by atoms with Crippen molar-refractivity contribution in [3.05, 3.63) is 23.3 Å². The molecule has 1 aromatic rings. The molecule has 0 aliphatic heterocycles. The summed E-state index contributed by atoms with van der Waals surface area (Å²) in [6.07, 6.45) is 0. The minimum absolute atomic E-state index is 0.0293. The fraction of sp³-hybridized carbons (Fsp3) is 0.333. The number of carboxylic acids is 1. The molecule has 0 saturated heterocycles. The summed E-state index contributed by atoms with van der Waals surface area (Å²) in [5, 5.41) is 14.4. The third-order valence-corrected chi connectivity index (χ3v) is 2.64. The molecule has 18 heavy (non-hydrogen) atoms. The van der Waals surface area contributed by atoms with Crippen LogP contribution < -0.4 is 16.4 Å². The Labute approximate surface area is 105 Å². The van der Waals surface area contributed by atoms with Crippen LogP contribution in [0.1, 0.15) is 22.8 Å². The number of nitrogen functional groups attached to an aromatic ring is 1. The van der Waals surface area contributed by atoms with Gasteiger partial charge in [-0.05, 0) is 31.5 Å². The van der Waals surface area contributed by atoms with E-state index in [-0.39, 0.29) is 17.2 Å². The van der Waals surface area contributed by atoms with Crippen LogP contribution in [0.3, 0.4) is 0 Å². The van der Waals surface area contributed by atoms with E-state index in [1.54, 1.807) is 19.9 Å². The summed E-state index contributed by atoms with van der Waals surface area (Å²) in [5.74, 6) is -1.27. The Morgan fingerprint density at radius 3 is 2.50 bits per heavy atom. The van der Waals surface area contributed by atoms with Gasteiger partial charge in [-0.15, -0.1) is 0 Å². The largest absolute Gasteiger partial charge is 0.478 e. The van der Waals surface area contributed by atoms with Crippen molar-refractivity contribution in [3.8, 4) is 0 Å². The van der Waals surface area contributed by atoms with Crippen LogP contribution in [0.5, 0.6) is 0 Å². The molecular formula is C12H17N3O3. The molecular weight excluding hydrogens is 234 g/mol. The summed E-state index contributed by atoms with van der Waals surface area (Å²) < 4.78 is 0. The molecule has 6 heteroatoms. The van der Waals surface area contributed by atoms with Crippen LogP contribution in [-0.2, 0) is 4.79 Å². The molecule has 1 aromatic carbocycles. The number of aromatic carboxylic acids is 1. The molecule has 1 rings (SSSR count). The van der Waals surface area contributed by atoms with Crippen LogP contribution in [0.4, 0.5) is 11.4 Å². The average molecular weight is 251 g/mol. The van der Waals surface area contributed by atoms with Crippen molar-refractivity contribution < 1.29 is 14.7 Å². The number of nitrogens with two attached hydrogens (primary N) is 1. The van der Waals surface area contributed by atoms with Crippen molar-refractivity contribution in [2.45, 2.75) is 19.9 Å². The topological polar surface area (TPSA) is 104 Å². The molecule has 5 N–H and O–H groups in total. The summed E-state index contributed by atoms with van der Waals surface area (Å²) in [4.78, 5) is 22.4. The lowest BCUT2D eigenvalue weighted by molar-refractivity contribution is -0.121. The molecule has 0 aromatic heterocycles. The molecule has 6 nitrogen and oxygen atoms in total. The summed E-state index contributed by atoms with van der Waals surface area (Å²) >= 11 is 0. The van der Waals surface area contributed by atoms with Crippen LogP contribution >= 0.6 is 0 Å². The van der Waals surface area contributed by atoms with Gasteiger partial charge in [0, 0.05) is 18.4 Å². The maximum Gasteiger partial charge on any atom is 0.337 e. The first-order chi connectivity index (χ1) is 8.36. The number of carboxylic acid groups (broad SMARTS) is 1. The monoisotopic (exact) mass is 251 g/mol. The van der Waals surface area contributed by atoms with E-state index in [1.807, 2.05) is 0 Å². The molecule has 0 spiro atoms.